The molecule has 1 saturated carbocycles. The van der Waals surface area contributed by atoms with Gasteiger partial charge in [-0.3, -0.25) is 0 Å². The highest BCUT2D eigenvalue weighted by Gasteiger charge is 2.25. The van der Waals surface area contributed by atoms with Crippen LogP contribution in [0.3, 0.4) is 0 Å². The number of aryl methyl sites for hydroxylation is 1. The maximum atomic E-state index is 9.89. The predicted molar refractivity (Wildman–Crippen MR) is 66.7 cm³/mol. The molecule has 0 spiro atoms. The largest absolute Gasteiger partial charge is 0.392 e. The van der Waals surface area contributed by atoms with Crippen LogP contribution in [0.15, 0.2) is 5.38 Å². The average Bonchev–Trinajstić information content (AvgIpc) is 2.68. The highest BCUT2D eigenvalue weighted by molar-refractivity contribution is 7.09. The van der Waals surface area contributed by atoms with Crippen molar-refractivity contribution in [2.75, 3.05) is 0 Å². The fourth-order valence-electron chi connectivity index (χ4n) is 2.27. The van der Waals surface area contributed by atoms with Gasteiger partial charge in [0.15, 0.2) is 0 Å². The van der Waals surface area contributed by atoms with Gasteiger partial charge in [-0.25, -0.2) is 4.98 Å². The van der Waals surface area contributed by atoms with E-state index in [-0.39, 0.29) is 18.2 Å². The molecule has 2 rings (SSSR count). The first-order chi connectivity index (χ1) is 7.66. The summed E-state index contributed by atoms with van der Waals surface area (Å²) in [4.78, 5) is 4.48. The van der Waals surface area contributed by atoms with Gasteiger partial charge in [-0.05, 0) is 26.7 Å². The van der Waals surface area contributed by atoms with Gasteiger partial charge in [0, 0.05) is 17.1 Å². The summed E-state index contributed by atoms with van der Waals surface area (Å²) in [6.07, 6.45) is 4.21. The van der Waals surface area contributed by atoms with Crippen LogP contribution >= 0.6 is 11.3 Å². The molecule has 1 heterocycles. The molecule has 1 aromatic heterocycles. The fraction of sp³-hybridized carbons (Fsp3) is 0.750. The second-order valence-electron chi connectivity index (χ2n) is 4.67. The molecule has 1 unspecified atom stereocenters. The molecule has 90 valence electrons. The molecule has 2 N–H and O–H groups in total. The van der Waals surface area contributed by atoms with Gasteiger partial charge in [0.25, 0.3) is 0 Å². The van der Waals surface area contributed by atoms with Crippen molar-refractivity contribution in [2.24, 2.45) is 0 Å². The van der Waals surface area contributed by atoms with Gasteiger partial charge in [0.1, 0.15) is 5.01 Å². The normalized spacial score (nSPS) is 27.9. The van der Waals surface area contributed by atoms with E-state index < -0.39 is 0 Å². The number of nitrogens with zero attached hydrogens (tertiary/aromatic N) is 1. The molecule has 1 aromatic rings. The third-order valence-corrected chi connectivity index (χ3v) is 4.35. The lowest BCUT2D eigenvalue weighted by Gasteiger charge is -2.30. The summed E-state index contributed by atoms with van der Waals surface area (Å²) in [6, 6.07) is 0.490. The summed E-state index contributed by atoms with van der Waals surface area (Å²) in [6.45, 7) is 4.14. The number of rotatable bonds is 3. The van der Waals surface area contributed by atoms with E-state index in [9.17, 15) is 5.11 Å². The Morgan fingerprint density at radius 3 is 2.88 bits per heavy atom. The van der Waals surface area contributed by atoms with E-state index in [2.05, 4.69) is 22.6 Å². The molecule has 4 heteroatoms. The van der Waals surface area contributed by atoms with Gasteiger partial charge in [0.2, 0.25) is 0 Å². The molecule has 16 heavy (non-hydrogen) atoms. The van der Waals surface area contributed by atoms with Crippen molar-refractivity contribution in [2.45, 2.75) is 57.7 Å². The summed E-state index contributed by atoms with van der Waals surface area (Å²) < 4.78 is 0. The molecule has 3 atom stereocenters. The van der Waals surface area contributed by atoms with Crippen LogP contribution in [0.2, 0.25) is 0 Å². The van der Waals surface area contributed by atoms with E-state index in [0.717, 1.165) is 30.0 Å². The van der Waals surface area contributed by atoms with Crippen molar-refractivity contribution in [1.29, 1.82) is 0 Å². The van der Waals surface area contributed by atoms with E-state index in [0.29, 0.717) is 0 Å². The minimum atomic E-state index is -0.183. The van der Waals surface area contributed by atoms with E-state index in [1.165, 1.54) is 6.42 Å². The molecule has 1 fully saturated rings. The number of hydrogen-bond donors (Lipinski definition) is 2. The Labute approximate surface area is 101 Å². The van der Waals surface area contributed by atoms with Crippen molar-refractivity contribution in [1.82, 2.24) is 10.3 Å². The standard InChI is InChI=1S/C12H20N2OS/c1-8-7-16-12(13-8)9(2)14-10-5-3-4-6-11(10)15/h7,9-11,14-15H,3-6H2,1-2H3/t9?,10-,11-/m1/s1. The highest BCUT2D eigenvalue weighted by Crippen LogP contribution is 2.23. The van der Waals surface area contributed by atoms with Crippen molar-refractivity contribution in [3.63, 3.8) is 0 Å². The molecule has 1 aliphatic rings. The first-order valence-electron chi connectivity index (χ1n) is 6.03. The first kappa shape index (κ1) is 12.0. The Morgan fingerprint density at radius 1 is 1.50 bits per heavy atom. The topological polar surface area (TPSA) is 45.1 Å². The second kappa shape index (κ2) is 5.25. The zero-order valence-corrected chi connectivity index (χ0v) is 10.8. The maximum Gasteiger partial charge on any atom is 0.110 e. The number of nitrogens with one attached hydrogen (secondary N) is 1. The molecule has 0 aliphatic heterocycles. The van der Waals surface area contributed by atoms with Crippen molar-refractivity contribution in [3.8, 4) is 0 Å². The Kier molecular flexibility index (Phi) is 3.95. The number of hydrogen-bond acceptors (Lipinski definition) is 4. The number of aliphatic hydroxyl groups excluding tert-OH is 1. The molecule has 3 nitrogen and oxygen atoms in total. The maximum absolute atomic E-state index is 9.89. The van der Waals surface area contributed by atoms with Gasteiger partial charge in [-0.1, -0.05) is 12.8 Å². The smallest absolute Gasteiger partial charge is 0.110 e. The molecule has 0 aromatic carbocycles. The Bertz CT molecular complexity index is 340. The monoisotopic (exact) mass is 240 g/mol. The number of thiazole rings is 1. The van der Waals surface area contributed by atoms with Crippen molar-refractivity contribution in [3.05, 3.63) is 16.1 Å². The summed E-state index contributed by atoms with van der Waals surface area (Å²) in [5.41, 5.74) is 1.08. The lowest BCUT2D eigenvalue weighted by atomic mass is 9.92. The highest BCUT2D eigenvalue weighted by atomic mass is 32.1. The fourth-order valence-corrected chi connectivity index (χ4v) is 3.08. The van der Waals surface area contributed by atoms with Crippen LogP contribution in [-0.2, 0) is 0 Å². The predicted octanol–water partition coefficient (Wildman–Crippen LogP) is 2.41. The van der Waals surface area contributed by atoms with Gasteiger partial charge >= 0.3 is 0 Å². The second-order valence-corrected chi connectivity index (χ2v) is 5.56. The van der Waals surface area contributed by atoms with Gasteiger partial charge in [-0.15, -0.1) is 11.3 Å². The molecule has 1 aliphatic carbocycles. The van der Waals surface area contributed by atoms with Crippen molar-refractivity contribution >= 4 is 11.3 Å². The van der Waals surface area contributed by atoms with Crippen LogP contribution in [0.25, 0.3) is 0 Å². The molecular weight excluding hydrogens is 220 g/mol. The SMILES string of the molecule is Cc1csc(C(C)N[C@@H]2CCCC[C@H]2O)n1. The molecular formula is C12H20N2OS. The third kappa shape index (κ3) is 2.81. The molecule has 0 radical (unpaired) electrons. The van der Waals surface area contributed by atoms with Crippen LogP contribution in [-0.4, -0.2) is 22.2 Å². The average molecular weight is 240 g/mol. The van der Waals surface area contributed by atoms with Crippen LogP contribution in [0.4, 0.5) is 0 Å². The van der Waals surface area contributed by atoms with E-state index in [1.54, 1.807) is 11.3 Å². The van der Waals surface area contributed by atoms with Crippen LogP contribution in [0.5, 0.6) is 0 Å². The Morgan fingerprint density at radius 2 is 2.25 bits per heavy atom. The summed E-state index contributed by atoms with van der Waals surface area (Å²) in [5.74, 6) is 0. The Hall–Kier alpha value is -0.450. The van der Waals surface area contributed by atoms with E-state index in [1.807, 2.05) is 6.92 Å². The lowest BCUT2D eigenvalue weighted by molar-refractivity contribution is 0.0859. The lowest BCUT2D eigenvalue weighted by Crippen LogP contribution is -2.43. The minimum absolute atomic E-state index is 0.183. The summed E-state index contributed by atoms with van der Waals surface area (Å²) in [5, 5.41) is 16.6. The number of aromatic nitrogens is 1. The van der Waals surface area contributed by atoms with Crippen LogP contribution in [0.1, 0.15) is 49.4 Å². The van der Waals surface area contributed by atoms with Crippen LogP contribution in [0, 0.1) is 6.92 Å². The van der Waals surface area contributed by atoms with Crippen molar-refractivity contribution < 1.29 is 5.11 Å². The van der Waals surface area contributed by atoms with Gasteiger partial charge in [0.05, 0.1) is 12.1 Å². The third-order valence-electron chi connectivity index (χ3n) is 3.20. The molecule has 0 saturated heterocycles. The zero-order valence-electron chi connectivity index (χ0n) is 9.94. The molecule has 0 bridgehead atoms. The van der Waals surface area contributed by atoms with Crippen LogP contribution < -0.4 is 5.32 Å². The van der Waals surface area contributed by atoms with Gasteiger partial charge < -0.3 is 10.4 Å². The Balaban J connectivity index is 1.93. The minimum Gasteiger partial charge on any atom is -0.392 e. The quantitative estimate of drug-likeness (QED) is 0.853. The number of aliphatic hydroxyl groups is 1. The van der Waals surface area contributed by atoms with E-state index in [4.69, 9.17) is 0 Å². The first-order valence-corrected chi connectivity index (χ1v) is 6.91. The van der Waals surface area contributed by atoms with E-state index >= 15 is 0 Å². The molecule has 0 amide bonds. The zero-order chi connectivity index (χ0) is 11.5. The van der Waals surface area contributed by atoms with Gasteiger partial charge in [-0.2, -0.15) is 0 Å². The summed E-state index contributed by atoms with van der Waals surface area (Å²) in [7, 11) is 0. The summed E-state index contributed by atoms with van der Waals surface area (Å²) >= 11 is 1.69.